The van der Waals surface area contributed by atoms with E-state index in [0.717, 1.165) is 15.9 Å². The fourth-order valence-electron chi connectivity index (χ4n) is 2.51. The van der Waals surface area contributed by atoms with Gasteiger partial charge in [-0.05, 0) is 61.0 Å². The minimum atomic E-state index is -0.493. The van der Waals surface area contributed by atoms with E-state index in [1.807, 2.05) is 25.3 Å². The van der Waals surface area contributed by atoms with E-state index in [4.69, 9.17) is 4.74 Å². The Morgan fingerprint density at radius 1 is 1.29 bits per heavy atom. The van der Waals surface area contributed by atoms with E-state index in [0.29, 0.717) is 13.1 Å². The first-order valence-electron chi connectivity index (χ1n) is 7.71. The van der Waals surface area contributed by atoms with Crippen molar-refractivity contribution in [3.8, 4) is 11.3 Å². The quantitative estimate of drug-likeness (QED) is 0.763. The van der Waals surface area contributed by atoms with Gasteiger partial charge in [0.05, 0.1) is 12.4 Å². The minimum absolute atomic E-state index is 0.147. The predicted octanol–water partition coefficient (Wildman–Crippen LogP) is 4.24. The van der Waals surface area contributed by atoms with Crippen molar-refractivity contribution >= 4 is 22.0 Å². The van der Waals surface area contributed by atoms with Crippen molar-refractivity contribution in [2.75, 3.05) is 13.1 Å². The Labute approximate surface area is 148 Å². The first-order valence-corrected chi connectivity index (χ1v) is 8.50. The van der Waals surface area contributed by atoms with E-state index in [9.17, 15) is 9.18 Å². The van der Waals surface area contributed by atoms with Gasteiger partial charge in [-0.15, -0.1) is 0 Å². The third-order valence-corrected chi connectivity index (χ3v) is 4.54. The van der Waals surface area contributed by atoms with E-state index < -0.39 is 5.60 Å². The highest BCUT2D eigenvalue weighted by molar-refractivity contribution is 9.10. The van der Waals surface area contributed by atoms with E-state index in [2.05, 4.69) is 20.9 Å². The van der Waals surface area contributed by atoms with Crippen LogP contribution < -0.4 is 0 Å². The summed E-state index contributed by atoms with van der Waals surface area (Å²) in [5, 5.41) is 0. The van der Waals surface area contributed by atoms with Crippen LogP contribution in [0.4, 0.5) is 9.18 Å². The van der Waals surface area contributed by atoms with E-state index >= 15 is 0 Å². The zero-order chi connectivity index (χ0) is 17.5. The molecule has 1 fully saturated rings. The van der Waals surface area contributed by atoms with Gasteiger partial charge >= 0.3 is 6.09 Å². The molecule has 0 radical (unpaired) electrons. The van der Waals surface area contributed by atoms with Crippen LogP contribution in [0.5, 0.6) is 0 Å². The first-order chi connectivity index (χ1) is 11.2. The number of imidazole rings is 1. The van der Waals surface area contributed by atoms with Crippen LogP contribution in [0.2, 0.25) is 0 Å². The summed E-state index contributed by atoms with van der Waals surface area (Å²) >= 11 is 3.56. The largest absolute Gasteiger partial charge is 0.444 e. The number of aromatic nitrogens is 2. The van der Waals surface area contributed by atoms with Gasteiger partial charge in [0.2, 0.25) is 0 Å². The number of hydrogen-bond donors (Lipinski definition) is 0. The van der Waals surface area contributed by atoms with Crippen LogP contribution in [0.15, 0.2) is 35.2 Å². The molecule has 1 aliphatic rings. The molecule has 1 saturated heterocycles. The number of benzene rings is 1. The molecule has 0 aliphatic carbocycles. The zero-order valence-corrected chi connectivity index (χ0v) is 15.4. The molecule has 0 bridgehead atoms. The Morgan fingerprint density at radius 3 is 2.50 bits per heavy atom. The molecule has 2 heterocycles. The molecule has 2 aromatic rings. The summed E-state index contributed by atoms with van der Waals surface area (Å²) < 4.78 is 21.2. The number of carbonyl (C=O) groups excluding carboxylic acids is 1. The van der Waals surface area contributed by atoms with Crippen molar-refractivity contribution in [1.82, 2.24) is 14.5 Å². The van der Waals surface area contributed by atoms with Gasteiger partial charge in [0.25, 0.3) is 0 Å². The number of carbonyl (C=O) groups is 1. The molecule has 1 aromatic carbocycles. The minimum Gasteiger partial charge on any atom is -0.444 e. The van der Waals surface area contributed by atoms with Gasteiger partial charge in [0.1, 0.15) is 21.7 Å². The molecule has 5 nitrogen and oxygen atoms in total. The summed E-state index contributed by atoms with van der Waals surface area (Å²) in [7, 11) is 0. The van der Waals surface area contributed by atoms with Crippen molar-refractivity contribution < 1.29 is 13.9 Å². The molecular weight excluding hydrogens is 377 g/mol. The Balaban J connectivity index is 1.68. The lowest BCUT2D eigenvalue weighted by Gasteiger charge is -2.40. The Hall–Kier alpha value is -1.89. The third-order valence-electron chi connectivity index (χ3n) is 3.76. The monoisotopic (exact) mass is 395 g/mol. The molecule has 128 valence electrons. The maximum atomic E-state index is 13.0. The molecule has 0 saturated carbocycles. The number of likely N-dealkylation sites (tertiary alicyclic amines) is 1. The highest BCUT2D eigenvalue weighted by Gasteiger charge is 2.35. The third kappa shape index (κ3) is 3.45. The summed E-state index contributed by atoms with van der Waals surface area (Å²) in [6.07, 6.45) is 1.44. The Kier molecular flexibility index (Phi) is 4.38. The zero-order valence-electron chi connectivity index (χ0n) is 13.8. The van der Waals surface area contributed by atoms with Crippen LogP contribution in [0, 0.1) is 5.82 Å². The topological polar surface area (TPSA) is 47.4 Å². The van der Waals surface area contributed by atoms with Crippen LogP contribution >= 0.6 is 15.9 Å². The van der Waals surface area contributed by atoms with Crippen molar-refractivity contribution in [3.05, 3.63) is 41.0 Å². The van der Waals surface area contributed by atoms with Crippen LogP contribution in [-0.4, -0.2) is 39.2 Å². The molecule has 3 rings (SSSR count). The fourth-order valence-corrected chi connectivity index (χ4v) is 3.22. The number of ether oxygens (including phenoxy) is 1. The second-order valence-corrected chi connectivity index (χ2v) is 7.59. The molecule has 0 atom stereocenters. The van der Waals surface area contributed by atoms with Crippen molar-refractivity contribution in [1.29, 1.82) is 0 Å². The molecular formula is C17H19BrFN3O2. The number of rotatable bonds is 2. The molecule has 7 heteroatoms. The summed E-state index contributed by atoms with van der Waals surface area (Å²) in [4.78, 5) is 18.1. The average Bonchev–Trinajstić information content (AvgIpc) is 2.78. The average molecular weight is 396 g/mol. The normalized spacial score (nSPS) is 15.3. The summed E-state index contributed by atoms with van der Waals surface area (Å²) in [6.45, 7) is 6.70. The lowest BCUT2D eigenvalue weighted by molar-refractivity contribution is 0.000830. The lowest BCUT2D eigenvalue weighted by atomic mass is 10.1. The summed E-state index contributed by atoms with van der Waals surface area (Å²) in [5.41, 5.74) is 1.10. The van der Waals surface area contributed by atoms with Crippen LogP contribution in [0.1, 0.15) is 26.8 Å². The van der Waals surface area contributed by atoms with Gasteiger partial charge in [-0.25, -0.2) is 14.2 Å². The van der Waals surface area contributed by atoms with Gasteiger partial charge in [-0.3, -0.25) is 0 Å². The van der Waals surface area contributed by atoms with Gasteiger partial charge in [-0.2, -0.15) is 0 Å². The molecule has 1 aromatic heterocycles. The van der Waals surface area contributed by atoms with Crippen molar-refractivity contribution in [2.24, 2.45) is 0 Å². The second kappa shape index (κ2) is 6.20. The lowest BCUT2D eigenvalue weighted by Crippen LogP contribution is -2.52. The van der Waals surface area contributed by atoms with Crippen molar-refractivity contribution in [3.63, 3.8) is 0 Å². The fraction of sp³-hybridized carbons (Fsp3) is 0.412. The standard InChI is InChI=1S/C17H19BrFN3O2/c1-17(2,3)24-16(23)21-8-13(9-21)22-10-20-14(15(22)18)11-4-6-12(19)7-5-11/h4-7,10,13H,8-9H2,1-3H3. The van der Waals surface area contributed by atoms with E-state index in [1.165, 1.54) is 12.1 Å². The molecule has 0 unspecified atom stereocenters. The van der Waals surface area contributed by atoms with E-state index in [1.54, 1.807) is 23.4 Å². The number of halogens is 2. The molecule has 0 spiro atoms. The number of nitrogens with zero attached hydrogens (tertiary/aromatic N) is 3. The molecule has 24 heavy (non-hydrogen) atoms. The molecule has 1 aliphatic heterocycles. The van der Waals surface area contributed by atoms with Gasteiger partial charge in [0.15, 0.2) is 0 Å². The van der Waals surface area contributed by atoms with E-state index in [-0.39, 0.29) is 18.0 Å². The van der Waals surface area contributed by atoms with Crippen molar-refractivity contribution in [2.45, 2.75) is 32.4 Å². The molecule has 1 amide bonds. The van der Waals surface area contributed by atoms with Crippen LogP contribution in [0.25, 0.3) is 11.3 Å². The highest BCUT2D eigenvalue weighted by Crippen LogP contribution is 2.32. The van der Waals surface area contributed by atoms with Gasteiger partial charge < -0.3 is 14.2 Å². The summed E-state index contributed by atoms with van der Waals surface area (Å²) in [5.74, 6) is -0.277. The SMILES string of the molecule is CC(C)(C)OC(=O)N1CC(n2cnc(-c3ccc(F)cc3)c2Br)C1. The first kappa shape index (κ1) is 17.0. The van der Waals surface area contributed by atoms with Gasteiger partial charge in [0, 0.05) is 18.7 Å². The smallest absolute Gasteiger partial charge is 0.410 e. The maximum Gasteiger partial charge on any atom is 0.410 e. The maximum absolute atomic E-state index is 13.0. The number of hydrogen-bond acceptors (Lipinski definition) is 3. The second-order valence-electron chi connectivity index (χ2n) is 6.84. The summed E-state index contributed by atoms with van der Waals surface area (Å²) in [6, 6.07) is 6.36. The molecule has 0 N–H and O–H groups in total. The highest BCUT2D eigenvalue weighted by atomic mass is 79.9. The Morgan fingerprint density at radius 2 is 1.92 bits per heavy atom. The van der Waals surface area contributed by atoms with Gasteiger partial charge in [-0.1, -0.05) is 0 Å². The van der Waals surface area contributed by atoms with Crippen LogP contribution in [0.3, 0.4) is 0 Å². The Bertz CT molecular complexity index is 746. The predicted molar refractivity (Wildman–Crippen MR) is 92.2 cm³/mol. The van der Waals surface area contributed by atoms with Crippen LogP contribution in [-0.2, 0) is 4.74 Å². The number of amides is 1.